The number of nitro benzene ring substituents is 1. The predicted molar refractivity (Wildman–Crippen MR) is 89.0 cm³/mol. The maximum absolute atomic E-state index is 12.0. The molecule has 0 saturated carbocycles. The number of likely N-dealkylation sites (tertiary alicyclic amines) is 1. The summed E-state index contributed by atoms with van der Waals surface area (Å²) in [6.07, 6.45) is 0.536. The Hall–Kier alpha value is -2.51. The molecule has 1 aliphatic heterocycles. The number of para-hydroxylation sites is 1. The highest BCUT2D eigenvalue weighted by Gasteiger charge is 2.29. The quantitative estimate of drug-likeness (QED) is 0.516. The summed E-state index contributed by atoms with van der Waals surface area (Å²) in [6, 6.07) is 4.45. The van der Waals surface area contributed by atoms with Crippen LogP contribution in [0.15, 0.2) is 18.2 Å². The minimum Gasteiger partial charge on any atom is -0.482 e. The van der Waals surface area contributed by atoms with Gasteiger partial charge in [0.1, 0.15) is 11.7 Å². The summed E-state index contributed by atoms with van der Waals surface area (Å²) in [4.78, 5) is 24.2. The zero-order valence-corrected chi connectivity index (χ0v) is 14.2. The Labute approximate surface area is 140 Å². The number of anilines is 1. The molecule has 1 fully saturated rings. The average molecular weight is 337 g/mol. The molecule has 0 bridgehead atoms. The monoisotopic (exact) mass is 337 g/mol. The topological polar surface area (TPSA) is 108 Å². The second-order valence-corrected chi connectivity index (χ2v) is 6.74. The SMILES string of the molecule is CC(C)(C)OC(=O)N1CCC(Oc2c(N)cccc2[N+](=O)[O-])CC1. The average Bonchev–Trinajstić information content (AvgIpc) is 2.48. The lowest BCUT2D eigenvalue weighted by Crippen LogP contribution is -2.44. The maximum Gasteiger partial charge on any atom is 0.410 e. The molecule has 0 atom stereocenters. The van der Waals surface area contributed by atoms with Gasteiger partial charge in [0.25, 0.3) is 0 Å². The van der Waals surface area contributed by atoms with Crippen molar-refractivity contribution in [2.75, 3.05) is 18.8 Å². The zero-order chi connectivity index (χ0) is 17.9. The van der Waals surface area contributed by atoms with Crippen molar-refractivity contribution in [3.63, 3.8) is 0 Å². The molecule has 0 radical (unpaired) electrons. The molecule has 8 heteroatoms. The lowest BCUT2D eigenvalue weighted by molar-refractivity contribution is -0.386. The number of carbonyl (C=O) groups excluding carboxylic acids is 1. The van der Waals surface area contributed by atoms with Crippen LogP contribution >= 0.6 is 0 Å². The Bertz CT molecular complexity index is 619. The van der Waals surface area contributed by atoms with Crippen molar-refractivity contribution in [3.8, 4) is 5.75 Å². The van der Waals surface area contributed by atoms with Crippen LogP contribution in [0.5, 0.6) is 5.75 Å². The molecule has 2 rings (SSSR count). The fourth-order valence-electron chi connectivity index (χ4n) is 2.46. The molecule has 1 aromatic rings. The second-order valence-electron chi connectivity index (χ2n) is 6.74. The molecule has 1 saturated heterocycles. The number of hydrogen-bond donors (Lipinski definition) is 1. The molecule has 1 aromatic carbocycles. The number of nitrogen functional groups attached to an aromatic ring is 1. The Morgan fingerprint density at radius 1 is 1.33 bits per heavy atom. The fourth-order valence-corrected chi connectivity index (χ4v) is 2.46. The molecule has 0 unspecified atom stereocenters. The van der Waals surface area contributed by atoms with Gasteiger partial charge < -0.3 is 20.1 Å². The molecule has 0 aliphatic carbocycles. The van der Waals surface area contributed by atoms with Crippen LogP contribution in [0, 0.1) is 10.1 Å². The molecule has 1 aliphatic rings. The van der Waals surface area contributed by atoms with E-state index < -0.39 is 10.5 Å². The van der Waals surface area contributed by atoms with E-state index in [0.717, 1.165) is 0 Å². The van der Waals surface area contributed by atoms with E-state index in [1.54, 1.807) is 11.0 Å². The Morgan fingerprint density at radius 2 is 1.96 bits per heavy atom. The van der Waals surface area contributed by atoms with Crippen LogP contribution in [0.2, 0.25) is 0 Å². The van der Waals surface area contributed by atoms with Crippen LogP contribution in [0.4, 0.5) is 16.2 Å². The lowest BCUT2D eigenvalue weighted by Gasteiger charge is -2.33. The number of nitrogens with two attached hydrogens (primary N) is 1. The fraction of sp³-hybridized carbons (Fsp3) is 0.562. The van der Waals surface area contributed by atoms with Crippen molar-refractivity contribution in [2.45, 2.75) is 45.3 Å². The minimum atomic E-state index is -0.538. The van der Waals surface area contributed by atoms with Crippen LogP contribution in [0.1, 0.15) is 33.6 Å². The molecule has 1 heterocycles. The predicted octanol–water partition coefficient (Wildman–Crippen LogP) is 2.96. The van der Waals surface area contributed by atoms with E-state index in [4.69, 9.17) is 15.2 Å². The number of piperidine rings is 1. The first-order valence-electron chi connectivity index (χ1n) is 7.85. The van der Waals surface area contributed by atoms with Gasteiger partial charge in [0.15, 0.2) is 0 Å². The van der Waals surface area contributed by atoms with Gasteiger partial charge in [0.05, 0.1) is 10.6 Å². The van der Waals surface area contributed by atoms with Gasteiger partial charge in [-0.25, -0.2) is 4.79 Å². The van der Waals surface area contributed by atoms with Crippen molar-refractivity contribution in [1.82, 2.24) is 4.90 Å². The number of nitro groups is 1. The molecule has 24 heavy (non-hydrogen) atoms. The summed E-state index contributed by atoms with van der Waals surface area (Å²) in [7, 11) is 0. The normalized spacial score (nSPS) is 15.9. The number of ether oxygens (including phenoxy) is 2. The Kier molecular flexibility index (Phi) is 5.16. The third kappa shape index (κ3) is 4.50. The van der Waals surface area contributed by atoms with Gasteiger partial charge in [-0.05, 0) is 26.8 Å². The Balaban J connectivity index is 1.97. The van der Waals surface area contributed by atoms with E-state index in [1.165, 1.54) is 12.1 Å². The zero-order valence-electron chi connectivity index (χ0n) is 14.2. The van der Waals surface area contributed by atoms with Gasteiger partial charge in [-0.1, -0.05) is 6.07 Å². The van der Waals surface area contributed by atoms with Gasteiger partial charge in [-0.3, -0.25) is 10.1 Å². The number of amides is 1. The van der Waals surface area contributed by atoms with Crippen LogP contribution in [0.3, 0.4) is 0 Å². The van der Waals surface area contributed by atoms with E-state index in [-0.39, 0.29) is 29.3 Å². The molecule has 0 aromatic heterocycles. The molecule has 2 N–H and O–H groups in total. The summed E-state index contributed by atoms with van der Waals surface area (Å²) >= 11 is 0. The third-order valence-electron chi connectivity index (χ3n) is 3.60. The van der Waals surface area contributed by atoms with Crippen LogP contribution < -0.4 is 10.5 Å². The van der Waals surface area contributed by atoms with Gasteiger partial charge >= 0.3 is 11.8 Å². The van der Waals surface area contributed by atoms with E-state index in [1.807, 2.05) is 20.8 Å². The van der Waals surface area contributed by atoms with Crippen molar-refractivity contribution in [3.05, 3.63) is 28.3 Å². The smallest absolute Gasteiger partial charge is 0.410 e. The number of hydrogen-bond acceptors (Lipinski definition) is 6. The first kappa shape index (κ1) is 17.8. The number of benzene rings is 1. The molecule has 8 nitrogen and oxygen atoms in total. The third-order valence-corrected chi connectivity index (χ3v) is 3.60. The summed E-state index contributed by atoms with van der Waals surface area (Å²) in [5.41, 5.74) is 5.36. The summed E-state index contributed by atoms with van der Waals surface area (Å²) in [6.45, 7) is 6.40. The van der Waals surface area contributed by atoms with Gasteiger partial charge in [0.2, 0.25) is 5.75 Å². The second kappa shape index (κ2) is 6.94. The summed E-state index contributed by atoms with van der Waals surface area (Å²) < 4.78 is 11.1. The standard InChI is InChI=1S/C16H23N3O5/c1-16(2,3)24-15(20)18-9-7-11(8-10-18)23-14-12(17)5-4-6-13(14)19(21)22/h4-6,11H,7-10,17H2,1-3H3. The molecule has 1 amide bonds. The largest absolute Gasteiger partial charge is 0.482 e. The number of carbonyl (C=O) groups is 1. The lowest BCUT2D eigenvalue weighted by atomic mass is 10.1. The van der Waals surface area contributed by atoms with Crippen LogP contribution in [-0.4, -0.2) is 40.7 Å². The van der Waals surface area contributed by atoms with Gasteiger partial charge in [-0.2, -0.15) is 0 Å². The van der Waals surface area contributed by atoms with E-state index in [0.29, 0.717) is 25.9 Å². The van der Waals surface area contributed by atoms with Crippen molar-refractivity contribution >= 4 is 17.5 Å². The molecular formula is C16H23N3O5. The molecule has 132 valence electrons. The molecule has 0 spiro atoms. The van der Waals surface area contributed by atoms with E-state index >= 15 is 0 Å². The summed E-state index contributed by atoms with van der Waals surface area (Å²) in [5.74, 6) is 0.0956. The first-order chi connectivity index (χ1) is 11.2. The van der Waals surface area contributed by atoms with E-state index in [2.05, 4.69) is 0 Å². The van der Waals surface area contributed by atoms with Crippen molar-refractivity contribution in [2.24, 2.45) is 0 Å². The van der Waals surface area contributed by atoms with Crippen LogP contribution in [-0.2, 0) is 4.74 Å². The summed E-state index contributed by atoms with van der Waals surface area (Å²) in [5, 5.41) is 11.1. The first-order valence-corrected chi connectivity index (χ1v) is 7.85. The van der Waals surface area contributed by atoms with Crippen molar-refractivity contribution in [1.29, 1.82) is 0 Å². The minimum absolute atomic E-state index is 0.0956. The van der Waals surface area contributed by atoms with Crippen molar-refractivity contribution < 1.29 is 19.2 Å². The maximum atomic E-state index is 12.0. The highest BCUT2D eigenvalue weighted by atomic mass is 16.6. The highest BCUT2D eigenvalue weighted by Crippen LogP contribution is 2.34. The van der Waals surface area contributed by atoms with Gasteiger partial charge in [0, 0.05) is 32.0 Å². The van der Waals surface area contributed by atoms with Gasteiger partial charge in [-0.15, -0.1) is 0 Å². The number of nitrogens with zero attached hydrogens (tertiary/aromatic N) is 2. The Morgan fingerprint density at radius 3 is 2.50 bits per heavy atom. The number of rotatable bonds is 3. The van der Waals surface area contributed by atoms with E-state index in [9.17, 15) is 14.9 Å². The van der Waals surface area contributed by atoms with Crippen LogP contribution in [0.25, 0.3) is 0 Å². The highest BCUT2D eigenvalue weighted by molar-refractivity contribution is 5.68. The molecular weight excluding hydrogens is 314 g/mol.